The van der Waals surface area contributed by atoms with Gasteiger partial charge in [0.1, 0.15) is 0 Å². The summed E-state index contributed by atoms with van der Waals surface area (Å²) in [4.78, 5) is 5.59. The molecule has 124 valence electrons. The molecule has 0 amide bonds. The van der Waals surface area contributed by atoms with Crippen molar-refractivity contribution in [3.63, 3.8) is 0 Å². The molecule has 5 heteroatoms. The Morgan fingerprint density at radius 2 is 1.74 bits per heavy atom. The van der Waals surface area contributed by atoms with Crippen LogP contribution >= 0.6 is 0 Å². The van der Waals surface area contributed by atoms with Gasteiger partial charge < -0.3 is 19.2 Å². The van der Waals surface area contributed by atoms with Crippen molar-refractivity contribution in [1.82, 2.24) is 9.88 Å². The molecule has 0 saturated carbocycles. The van der Waals surface area contributed by atoms with E-state index in [4.69, 9.17) is 9.31 Å². The number of likely N-dealkylation sites (N-methyl/N-ethyl adjacent to an activating group) is 1. The van der Waals surface area contributed by atoms with Crippen LogP contribution in [-0.4, -0.2) is 48.8 Å². The maximum Gasteiger partial charge on any atom is 0.495 e. The van der Waals surface area contributed by atoms with Crippen molar-refractivity contribution in [3.05, 3.63) is 30.0 Å². The van der Waals surface area contributed by atoms with Crippen LogP contribution in [-0.2, 0) is 15.7 Å². The normalized spacial score (nSPS) is 19.9. The zero-order chi connectivity index (χ0) is 16.8. The molecular formula is C18H27BN2O2. The Morgan fingerprint density at radius 3 is 2.35 bits per heavy atom. The van der Waals surface area contributed by atoms with E-state index in [1.165, 1.54) is 10.9 Å². The number of fused-ring (bicyclic) bond motifs is 1. The number of benzene rings is 1. The Labute approximate surface area is 139 Å². The summed E-state index contributed by atoms with van der Waals surface area (Å²) in [5.74, 6) is 0. The van der Waals surface area contributed by atoms with Crippen molar-refractivity contribution in [3.8, 4) is 0 Å². The third kappa shape index (κ3) is 2.93. The van der Waals surface area contributed by atoms with Crippen LogP contribution in [0, 0.1) is 0 Å². The first-order valence-corrected chi connectivity index (χ1v) is 8.30. The standard InChI is InChI=1S/C18H27BN2O2/c1-17(2)18(3,4)23-19(22-17)14-8-7-9-15-16(14)13(12-20-15)10-11-21(5)6/h7-9,12,20H,10-11H2,1-6H3. The highest BCUT2D eigenvalue weighted by atomic mass is 16.7. The van der Waals surface area contributed by atoms with Crippen molar-refractivity contribution in [2.24, 2.45) is 0 Å². The first-order chi connectivity index (χ1) is 10.7. The number of rotatable bonds is 4. The number of aromatic nitrogens is 1. The van der Waals surface area contributed by atoms with E-state index in [1.54, 1.807) is 0 Å². The fourth-order valence-corrected chi connectivity index (χ4v) is 2.99. The molecule has 2 heterocycles. The summed E-state index contributed by atoms with van der Waals surface area (Å²) in [5, 5.41) is 1.24. The van der Waals surface area contributed by atoms with Gasteiger partial charge in [-0.05, 0) is 65.3 Å². The van der Waals surface area contributed by atoms with E-state index in [1.807, 2.05) is 0 Å². The molecule has 1 aromatic carbocycles. The number of nitrogens with one attached hydrogen (secondary N) is 1. The van der Waals surface area contributed by atoms with Crippen LogP contribution < -0.4 is 5.46 Å². The molecule has 0 unspecified atom stereocenters. The Bertz CT molecular complexity index is 690. The van der Waals surface area contributed by atoms with E-state index in [-0.39, 0.29) is 18.3 Å². The lowest BCUT2D eigenvalue weighted by Gasteiger charge is -2.32. The van der Waals surface area contributed by atoms with Gasteiger partial charge in [0, 0.05) is 23.6 Å². The smallest absolute Gasteiger partial charge is 0.399 e. The molecule has 0 bridgehead atoms. The third-order valence-corrected chi connectivity index (χ3v) is 5.16. The maximum atomic E-state index is 6.26. The van der Waals surface area contributed by atoms with Gasteiger partial charge in [-0.3, -0.25) is 0 Å². The zero-order valence-electron chi connectivity index (χ0n) is 15.1. The fourth-order valence-electron chi connectivity index (χ4n) is 2.99. The third-order valence-electron chi connectivity index (χ3n) is 5.16. The summed E-state index contributed by atoms with van der Waals surface area (Å²) in [7, 11) is 3.88. The Hall–Kier alpha value is -1.30. The minimum Gasteiger partial charge on any atom is -0.399 e. The van der Waals surface area contributed by atoms with Crippen LogP contribution in [0.1, 0.15) is 33.3 Å². The Kier molecular flexibility index (Phi) is 4.07. The van der Waals surface area contributed by atoms with Gasteiger partial charge in [0.05, 0.1) is 11.2 Å². The van der Waals surface area contributed by atoms with Crippen molar-refractivity contribution in [2.45, 2.75) is 45.3 Å². The monoisotopic (exact) mass is 314 g/mol. The van der Waals surface area contributed by atoms with E-state index < -0.39 is 0 Å². The lowest BCUT2D eigenvalue weighted by molar-refractivity contribution is 0.00578. The topological polar surface area (TPSA) is 37.5 Å². The predicted octanol–water partition coefficient (Wildman–Crippen LogP) is 2.57. The number of hydrogen-bond acceptors (Lipinski definition) is 3. The second-order valence-electron chi connectivity index (χ2n) is 7.73. The summed E-state index contributed by atoms with van der Waals surface area (Å²) in [6.45, 7) is 9.40. The largest absolute Gasteiger partial charge is 0.495 e. The quantitative estimate of drug-likeness (QED) is 0.882. The van der Waals surface area contributed by atoms with Gasteiger partial charge in [0.25, 0.3) is 0 Å². The van der Waals surface area contributed by atoms with Gasteiger partial charge in [-0.25, -0.2) is 0 Å². The molecule has 1 aliphatic rings. The molecular weight excluding hydrogens is 287 g/mol. The molecule has 1 aromatic heterocycles. The van der Waals surface area contributed by atoms with Crippen molar-refractivity contribution in [2.75, 3.05) is 20.6 Å². The number of nitrogens with zero attached hydrogens (tertiary/aromatic N) is 1. The second-order valence-corrected chi connectivity index (χ2v) is 7.73. The van der Waals surface area contributed by atoms with Crippen LogP contribution in [0.5, 0.6) is 0 Å². The van der Waals surface area contributed by atoms with Gasteiger partial charge in [-0.15, -0.1) is 0 Å². The predicted molar refractivity (Wildman–Crippen MR) is 96.3 cm³/mol. The molecule has 0 spiro atoms. The van der Waals surface area contributed by atoms with E-state index in [2.05, 4.69) is 76.1 Å². The summed E-state index contributed by atoms with van der Waals surface area (Å²) in [6.07, 6.45) is 3.12. The highest BCUT2D eigenvalue weighted by molar-refractivity contribution is 6.65. The van der Waals surface area contributed by atoms with Crippen LogP contribution in [0.4, 0.5) is 0 Å². The number of hydrogen-bond donors (Lipinski definition) is 1. The molecule has 0 aliphatic carbocycles. The minimum atomic E-state index is -0.322. The van der Waals surface area contributed by atoms with Crippen LogP contribution in [0.25, 0.3) is 10.9 Å². The van der Waals surface area contributed by atoms with Gasteiger partial charge in [0.2, 0.25) is 0 Å². The first kappa shape index (κ1) is 16.6. The summed E-state index contributed by atoms with van der Waals surface area (Å²) in [6, 6.07) is 6.30. The molecule has 1 N–H and O–H groups in total. The maximum absolute atomic E-state index is 6.26. The van der Waals surface area contributed by atoms with Gasteiger partial charge in [-0.1, -0.05) is 12.1 Å². The second kappa shape index (κ2) is 5.65. The van der Waals surface area contributed by atoms with Crippen LogP contribution in [0.15, 0.2) is 24.4 Å². The van der Waals surface area contributed by atoms with Gasteiger partial charge >= 0.3 is 7.12 Å². The van der Waals surface area contributed by atoms with Crippen molar-refractivity contribution < 1.29 is 9.31 Å². The highest BCUT2D eigenvalue weighted by Gasteiger charge is 2.52. The average molecular weight is 314 g/mol. The van der Waals surface area contributed by atoms with E-state index in [0.29, 0.717) is 0 Å². The molecule has 1 aliphatic heterocycles. The van der Waals surface area contributed by atoms with Crippen molar-refractivity contribution in [1.29, 1.82) is 0 Å². The van der Waals surface area contributed by atoms with Gasteiger partial charge in [-0.2, -0.15) is 0 Å². The molecule has 4 nitrogen and oxygen atoms in total. The summed E-state index contributed by atoms with van der Waals surface area (Å²) >= 11 is 0. The highest BCUT2D eigenvalue weighted by Crippen LogP contribution is 2.37. The fraction of sp³-hybridized carbons (Fsp3) is 0.556. The SMILES string of the molecule is CN(C)CCc1c[nH]c2cccc(B3OC(C)(C)C(C)(C)O3)c12. The minimum absolute atomic E-state index is 0.320. The van der Waals surface area contributed by atoms with Crippen LogP contribution in [0.2, 0.25) is 0 Å². The Balaban J connectivity index is 2.00. The lowest BCUT2D eigenvalue weighted by atomic mass is 9.76. The lowest BCUT2D eigenvalue weighted by Crippen LogP contribution is -2.41. The molecule has 23 heavy (non-hydrogen) atoms. The number of aromatic amines is 1. The zero-order valence-corrected chi connectivity index (χ0v) is 15.1. The summed E-state index contributed by atoms with van der Waals surface area (Å²) < 4.78 is 12.5. The van der Waals surface area contributed by atoms with E-state index in [9.17, 15) is 0 Å². The van der Waals surface area contributed by atoms with E-state index >= 15 is 0 Å². The molecule has 1 fully saturated rings. The summed E-state index contributed by atoms with van der Waals surface area (Å²) in [5.41, 5.74) is 2.95. The molecule has 0 atom stereocenters. The molecule has 1 saturated heterocycles. The molecule has 3 rings (SSSR count). The Morgan fingerprint density at radius 1 is 1.09 bits per heavy atom. The van der Waals surface area contributed by atoms with Crippen LogP contribution in [0.3, 0.4) is 0 Å². The number of H-pyrrole nitrogens is 1. The first-order valence-electron chi connectivity index (χ1n) is 8.30. The molecule has 0 radical (unpaired) electrons. The van der Waals surface area contributed by atoms with Gasteiger partial charge in [0.15, 0.2) is 0 Å². The average Bonchev–Trinajstić information content (AvgIpc) is 2.95. The van der Waals surface area contributed by atoms with Crippen molar-refractivity contribution >= 4 is 23.5 Å². The van der Waals surface area contributed by atoms with E-state index in [0.717, 1.165) is 23.9 Å². The molecule has 2 aromatic rings.